The average Bonchev–Trinajstić information content (AvgIpc) is 3.03. The van der Waals surface area contributed by atoms with Gasteiger partial charge in [0.15, 0.2) is 0 Å². The standard InChI is InChI=1S/C24H37ClN2O2/c1-23(2)19-8-9-24(23,3)22(14-19)29-17-21(28)16-27-12-10-26(11-13-27)15-18-4-6-20(25)7-5-18/h4-7,19,21-22,28H,8-17H2,1-3H3/t19-,21+,22+,24-/m0/s1. The molecule has 0 aromatic heterocycles. The minimum Gasteiger partial charge on any atom is -0.389 e. The zero-order chi connectivity index (χ0) is 20.6. The zero-order valence-electron chi connectivity index (χ0n) is 18.2. The van der Waals surface area contributed by atoms with Gasteiger partial charge in [0.2, 0.25) is 0 Å². The van der Waals surface area contributed by atoms with Crippen molar-refractivity contribution in [1.82, 2.24) is 9.80 Å². The molecule has 2 saturated carbocycles. The van der Waals surface area contributed by atoms with E-state index >= 15 is 0 Å². The van der Waals surface area contributed by atoms with E-state index in [1.165, 1.54) is 24.8 Å². The van der Waals surface area contributed by atoms with Crippen molar-refractivity contribution in [3.05, 3.63) is 34.9 Å². The van der Waals surface area contributed by atoms with Gasteiger partial charge in [-0.1, -0.05) is 44.5 Å². The molecule has 162 valence electrons. The molecule has 0 unspecified atom stereocenters. The SMILES string of the molecule is CC1(C)[C@H]2CC[C@@]1(C)[C@H](OC[C@H](O)CN1CCN(Cc3ccc(Cl)cc3)CC1)C2. The zero-order valence-corrected chi connectivity index (χ0v) is 19.0. The predicted molar refractivity (Wildman–Crippen MR) is 118 cm³/mol. The molecular formula is C24H37ClN2O2. The third-order valence-electron chi connectivity index (χ3n) is 8.46. The first-order valence-electron chi connectivity index (χ1n) is 11.3. The highest BCUT2D eigenvalue weighted by atomic mass is 35.5. The van der Waals surface area contributed by atoms with Crippen LogP contribution in [-0.2, 0) is 11.3 Å². The second-order valence-electron chi connectivity index (χ2n) is 10.3. The van der Waals surface area contributed by atoms with Crippen molar-refractivity contribution in [2.45, 2.75) is 58.8 Å². The molecule has 4 atom stereocenters. The number of nitrogens with zero attached hydrogens (tertiary/aromatic N) is 2. The molecule has 3 fully saturated rings. The van der Waals surface area contributed by atoms with Crippen molar-refractivity contribution in [1.29, 1.82) is 0 Å². The first-order valence-corrected chi connectivity index (χ1v) is 11.6. The van der Waals surface area contributed by atoms with Gasteiger partial charge in [0.25, 0.3) is 0 Å². The number of ether oxygens (including phenoxy) is 1. The van der Waals surface area contributed by atoms with Gasteiger partial charge in [-0.05, 0) is 53.7 Å². The summed E-state index contributed by atoms with van der Waals surface area (Å²) in [6, 6.07) is 8.13. The van der Waals surface area contributed by atoms with E-state index in [2.05, 4.69) is 42.7 Å². The second-order valence-corrected chi connectivity index (χ2v) is 10.7. The van der Waals surface area contributed by atoms with Crippen LogP contribution in [0.4, 0.5) is 0 Å². The number of hydrogen-bond acceptors (Lipinski definition) is 4. The van der Waals surface area contributed by atoms with Gasteiger partial charge in [0.1, 0.15) is 0 Å². The topological polar surface area (TPSA) is 35.9 Å². The number of halogens is 1. The molecule has 2 bridgehead atoms. The van der Waals surface area contributed by atoms with E-state index in [9.17, 15) is 5.11 Å². The van der Waals surface area contributed by atoms with Crippen molar-refractivity contribution in [2.75, 3.05) is 39.3 Å². The molecule has 4 rings (SSSR count). The summed E-state index contributed by atoms with van der Waals surface area (Å²) in [7, 11) is 0. The van der Waals surface area contributed by atoms with Gasteiger partial charge < -0.3 is 9.84 Å². The minimum atomic E-state index is -0.399. The number of hydrogen-bond donors (Lipinski definition) is 1. The van der Waals surface area contributed by atoms with Crippen LogP contribution in [0.1, 0.15) is 45.6 Å². The van der Waals surface area contributed by atoms with Crippen molar-refractivity contribution in [3.63, 3.8) is 0 Å². The number of rotatable bonds is 7. The predicted octanol–water partition coefficient (Wildman–Crippen LogP) is 4.05. The number of benzene rings is 1. The van der Waals surface area contributed by atoms with E-state index in [4.69, 9.17) is 16.3 Å². The van der Waals surface area contributed by atoms with Gasteiger partial charge in [0.05, 0.1) is 18.8 Å². The smallest absolute Gasteiger partial charge is 0.0900 e. The fourth-order valence-electron chi connectivity index (χ4n) is 5.94. The third-order valence-corrected chi connectivity index (χ3v) is 8.71. The summed E-state index contributed by atoms with van der Waals surface area (Å²) in [5.41, 5.74) is 1.94. The van der Waals surface area contributed by atoms with Gasteiger partial charge in [-0.2, -0.15) is 0 Å². The highest BCUT2D eigenvalue weighted by molar-refractivity contribution is 6.30. The molecule has 0 spiro atoms. The lowest BCUT2D eigenvalue weighted by Gasteiger charge is -2.39. The van der Waals surface area contributed by atoms with E-state index in [0.717, 1.165) is 43.7 Å². The molecule has 5 heteroatoms. The number of aliphatic hydroxyl groups excluding tert-OH is 1. The maximum Gasteiger partial charge on any atom is 0.0900 e. The fraction of sp³-hybridized carbons (Fsp3) is 0.750. The van der Waals surface area contributed by atoms with Crippen molar-refractivity contribution in [3.8, 4) is 0 Å². The van der Waals surface area contributed by atoms with Gasteiger partial charge in [0, 0.05) is 44.3 Å². The van der Waals surface area contributed by atoms with Gasteiger partial charge in [-0.3, -0.25) is 9.80 Å². The number of fused-ring (bicyclic) bond motifs is 2. The van der Waals surface area contributed by atoms with Gasteiger partial charge in [-0.15, -0.1) is 0 Å². The molecule has 0 amide bonds. The van der Waals surface area contributed by atoms with E-state index in [-0.39, 0.29) is 5.41 Å². The second kappa shape index (κ2) is 8.47. The largest absolute Gasteiger partial charge is 0.389 e. The van der Waals surface area contributed by atoms with Gasteiger partial charge >= 0.3 is 0 Å². The third kappa shape index (κ3) is 4.38. The van der Waals surface area contributed by atoms with Crippen LogP contribution in [0.15, 0.2) is 24.3 Å². The molecule has 1 N–H and O–H groups in total. The fourth-order valence-corrected chi connectivity index (χ4v) is 6.06. The molecule has 1 saturated heterocycles. The quantitative estimate of drug-likeness (QED) is 0.721. The van der Waals surface area contributed by atoms with Crippen LogP contribution in [0, 0.1) is 16.7 Å². The Morgan fingerprint density at radius 2 is 1.76 bits per heavy atom. The lowest BCUT2D eigenvalue weighted by atomic mass is 9.70. The van der Waals surface area contributed by atoms with Crippen LogP contribution in [0.25, 0.3) is 0 Å². The summed E-state index contributed by atoms with van der Waals surface area (Å²) >= 11 is 5.97. The Hall–Kier alpha value is -0.650. The van der Waals surface area contributed by atoms with Crippen LogP contribution in [0.5, 0.6) is 0 Å². The lowest BCUT2D eigenvalue weighted by molar-refractivity contribution is -0.0807. The lowest BCUT2D eigenvalue weighted by Crippen LogP contribution is -2.49. The molecule has 1 aromatic rings. The Labute approximate surface area is 181 Å². The molecule has 1 aliphatic heterocycles. The van der Waals surface area contributed by atoms with Crippen LogP contribution in [-0.4, -0.2) is 66.4 Å². The summed E-state index contributed by atoms with van der Waals surface area (Å²) in [5, 5.41) is 11.4. The first-order chi connectivity index (χ1) is 13.8. The van der Waals surface area contributed by atoms with E-state index in [1.54, 1.807) is 0 Å². The summed E-state index contributed by atoms with van der Waals surface area (Å²) in [6.07, 6.45) is 3.68. The molecule has 0 radical (unpaired) electrons. The van der Waals surface area contributed by atoms with Crippen LogP contribution in [0.2, 0.25) is 5.02 Å². The van der Waals surface area contributed by atoms with Crippen LogP contribution < -0.4 is 0 Å². The van der Waals surface area contributed by atoms with Crippen LogP contribution >= 0.6 is 11.6 Å². The molecular weight excluding hydrogens is 384 g/mol. The first kappa shape index (κ1) is 21.6. The highest BCUT2D eigenvalue weighted by Gasteiger charge is 2.61. The molecule has 1 aromatic carbocycles. The molecule has 3 aliphatic rings. The molecule has 2 aliphatic carbocycles. The van der Waals surface area contributed by atoms with Crippen molar-refractivity contribution < 1.29 is 9.84 Å². The van der Waals surface area contributed by atoms with Crippen molar-refractivity contribution >= 4 is 11.6 Å². The minimum absolute atomic E-state index is 0.269. The number of piperazine rings is 1. The monoisotopic (exact) mass is 420 g/mol. The summed E-state index contributed by atoms with van der Waals surface area (Å²) in [6.45, 7) is 13.4. The van der Waals surface area contributed by atoms with E-state index < -0.39 is 6.10 Å². The normalized spacial score (nSPS) is 33.3. The Bertz CT molecular complexity index is 687. The molecule has 4 nitrogen and oxygen atoms in total. The van der Waals surface area contributed by atoms with Crippen molar-refractivity contribution in [2.24, 2.45) is 16.7 Å². The van der Waals surface area contributed by atoms with E-state index in [1.807, 2.05) is 12.1 Å². The number of aliphatic hydroxyl groups is 1. The maximum absolute atomic E-state index is 10.6. The summed E-state index contributed by atoms with van der Waals surface area (Å²) in [5.74, 6) is 0.781. The van der Waals surface area contributed by atoms with E-state index in [0.29, 0.717) is 24.7 Å². The molecule has 29 heavy (non-hydrogen) atoms. The summed E-state index contributed by atoms with van der Waals surface area (Å²) < 4.78 is 6.29. The Kier molecular flexibility index (Phi) is 6.30. The average molecular weight is 421 g/mol. The highest BCUT2D eigenvalue weighted by Crippen LogP contribution is 2.66. The summed E-state index contributed by atoms with van der Waals surface area (Å²) in [4.78, 5) is 4.85. The maximum atomic E-state index is 10.6. The Morgan fingerprint density at radius 1 is 1.10 bits per heavy atom. The molecule has 1 heterocycles. The Balaban J connectivity index is 1.18. The Morgan fingerprint density at radius 3 is 2.34 bits per heavy atom. The number of β-amino-alcohol motifs (C(OH)–C–C–N with tert-alkyl or cyclic N) is 1. The van der Waals surface area contributed by atoms with Gasteiger partial charge in [-0.25, -0.2) is 0 Å². The van der Waals surface area contributed by atoms with Crippen LogP contribution in [0.3, 0.4) is 0 Å².